The van der Waals surface area contributed by atoms with Gasteiger partial charge in [-0.15, -0.1) is 0 Å². The van der Waals surface area contributed by atoms with Gasteiger partial charge in [0.15, 0.2) is 17.3 Å². The fourth-order valence-electron chi connectivity index (χ4n) is 5.67. The number of carbonyl (C=O) groups is 4. The molecule has 2 aliphatic carbocycles. The minimum atomic E-state index is -1.75. The second kappa shape index (κ2) is 10.1. The van der Waals surface area contributed by atoms with Gasteiger partial charge in [-0.3, -0.25) is 4.79 Å². The van der Waals surface area contributed by atoms with Crippen molar-refractivity contribution in [1.29, 1.82) is 0 Å². The van der Waals surface area contributed by atoms with Gasteiger partial charge < -0.3 is 23.7 Å². The summed E-state index contributed by atoms with van der Waals surface area (Å²) in [5, 5.41) is 0. The first-order chi connectivity index (χ1) is 17.9. The molecule has 0 aromatic heterocycles. The van der Waals surface area contributed by atoms with E-state index in [-0.39, 0.29) is 17.8 Å². The van der Waals surface area contributed by atoms with Gasteiger partial charge in [0.2, 0.25) is 5.60 Å². The second-order valence-corrected chi connectivity index (χ2v) is 10.3. The van der Waals surface area contributed by atoms with Crippen molar-refractivity contribution in [1.82, 2.24) is 0 Å². The average Bonchev–Trinajstić information content (AvgIpc) is 3.22. The van der Waals surface area contributed by atoms with E-state index in [1.807, 2.05) is 0 Å². The molecule has 9 nitrogen and oxygen atoms in total. The number of methoxy groups -OCH3 is 2. The largest absolute Gasteiger partial charge is 0.493 e. The Morgan fingerprint density at radius 3 is 2.39 bits per heavy atom. The van der Waals surface area contributed by atoms with Crippen molar-refractivity contribution in [2.75, 3.05) is 14.2 Å². The minimum absolute atomic E-state index is 0.158. The molecule has 0 spiro atoms. The minimum Gasteiger partial charge on any atom is -0.493 e. The molecule has 1 aromatic carbocycles. The van der Waals surface area contributed by atoms with Crippen molar-refractivity contribution in [3.63, 3.8) is 0 Å². The van der Waals surface area contributed by atoms with Crippen LogP contribution in [0.5, 0.6) is 11.5 Å². The lowest BCUT2D eigenvalue weighted by Gasteiger charge is -2.34. The Kier molecular flexibility index (Phi) is 7.23. The fourth-order valence-corrected chi connectivity index (χ4v) is 5.67. The van der Waals surface area contributed by atoms with Crippen LogP contribution in [0.25, 0.3) is 0 Å². The number of hydrogen-bond donors (Lipinski definition) is 0. The summed E-state index contributed by atoms with van der Waals surface area (Å²) < 4.78 is 28.1. The number of esters is 3. The molecule has 5 atom stereocenters. The van der Waals surface area contributed by atoms with Crippen LogP contribution in [0.4, 0.5) is 0 Å². The van der Waals surface area contributed by atoms with Crippen LogP contribution in [0.2, 0.25) is 0 Å². The van der Waals surface area contributed by atoms with Gasteiger partial charge in [-0.05, 0) is 58.9 Å². The maximum atomic E-state index is 13.4. The Hall–Kier alpha value is -3.88. The first kappa shape index (κ1) is 27.2. The monoisotopic (exact) mass is 524 g/mol. The molecular formula is C29H32O9. The van der Waals surface area contributed by atoms with Crippen LogP contribution in [-0.2, 0) is 28.6 Å². The smallest absolute Gasteiger partial charge is 0.351 e. The third-order valence-electron chi connectivity index (χ3n) is 7.36. The van der Waals surface area contributed by atoms with Gasteiger partial charge in [0.1, 0.15) is 12.2 Å². The molecule has 1 aliphatic heterocycles. The normalized spacial score (nSPS) is 27.9. The molecule has 38 heavy (non-hydrogen) atoms. The number of ketones is 1. The van der Waals surface area contributed by atoms with E-state index in [0.717, 1.165) is 11.1 Å². The number of fused-ring (bicyclic) bond motifs is 3. The van der Waals surface area contributed by atoms with Crippen molar-refractivity contribution in [3.05, 3.63) is 58.2 Å². The molecule has 0 N–H and O–H groups in total. The first-order valence-corrected chi connectivity index (χ1v) is 12.3. The van der Waals surface area contributed by atoms with E-state index in [0.29, 0.717) is 22.6 Å². The Labute approximate surface area is 221 Å². The van der Waals surface area contributed by atoms with Gasteiger partial charge in [0.25, 0.3) is 0 Å². The second-order valence-electron chi connectivity index (χ2n) is 10.3. The predicted octanol–water partition coefficient (Wildman–Crippen LogP) is 3.90. The van der Waals surface area contributed by atoms with Gasteiger partial charge in [0, 0.05) is 24.0 Å². The number of rotatable bonds is 6. The summed E-state index contributed by atoms with van der Waals surface area (Å²) in [5.41, 5.74) is 1.13. The molecule has 1 heterocycles. The highest BCUT2D eigenvalue weighted by Crippen LogP contribution is 2.51. The van der Waals surface area contributed by atoms with E-state index in [4.69, 9.17) is 23.7 Å². The number of carbonyl (C=O) groups excluding carboxylic acids is 4. The highest BCUT2D eigenvalue weighted by molar-refractivity contribution is 6.09. The van der Waals surface area contributed by atoms with Crippen molar-refractivity contribution >= 4 is 23.7 Å². The predicted molar refractivity (Wildman–Crippen MR) is 136 cm³/mol. The number of benzene rings is 1. The van der Waals surface area contributed by atoms with E-state index >= 15 is 0 Å². The van der Waals surface area contributed by atoms with E-state index in [1.165, 1.54) is 39.4 Å². The third kappa shape index (κ3) is 4.61. The molecule has 1 saturated heterocycles. The number of allylic oxidation sites excluding steroid dienone is 2. The Morgan fingerprint density at radius 1 is 1.08 bits per heavy atom. The molecule has 4 rings (SSSR count). The molecule has 0 saturated carbocycles. The molecule has 202 valence electrons. The first-order valence-electron chi connectivity index (χ1n) is 12.3. The standard InChI is InChI=1S/C29H32O9/c1-14(2)10-22(31)38-29(5)25-21(36-27(32)17-8-9-19(34-6)20(13-17)35-7)12-16(4)23-18(30)11-15(3)24(23)26(25)37-28(29)33/h8-11,13,21,24-26H,12H2,1-7H3/t21-,24-,25+,26?,29-/m0/s1. The van der Waals surface area contributed by atoms with Crippen molar-refractivity contribution < 1.29 is 42.9 Å². The lowest BCUT2D eigenvalue weighted by Crippen LogP contribution is -2.50. The third-order valence-corrected chi connectivity index (χ3v) is 7.36. The van der Waals surface area contributed by atoms with Gasteiger partial charge >= 0.3 is 17.9 Å². The highest BCUT2D eigenvalue weighted by Gasteiger charge is 2.65. The van der Waals surface area contributed by atoms with Gasteiger partial charge in [-0.2, -0.15) is 0 Å². The molecule has 0 amide bonds. The quantitative estimate of drug-likeness (QED) is 0.310. The van der Waals surface area contributed by atoms with Crippen LogP contribution in [0.3, 0.4) is 0 Å². The molecule has 1 unspecified atom stereocenters. The van der Waals surface area contributed by atoms with Crippen molar-refractivity contribution in [2.24, 2.45) is 11.8 Å². The van der Waals surface area contributed by atoms with Crippen LogP contribution >= 0.6 is 0 Å². The highest BCUT2D eigenvalue weighted by atomic mass is 16.6. The van der Waals surface area contributed by atoms with Gasteiger partial charge in [-0.25, -0.2) is 14.4 Å². The maximum Gasteiger partial charge on any atom is 0.351 e. The van der Waals surface area contributed by atoms with Crippen molar-refractivity contribution in [2.45, 2.75) is 58.8 Å². The van der Waals surface area contributed by atoms with Crippen LogP contribution < -0.4 is 9.47 Å². The summed E-state index contributed by atoms with van der Waals surface area (Å²) in [7, 11) is 2.94. The SMILES string of the molecule is COc1ccc(C(=O)O[C@H]2CC(C)=C3C(=O)C=C(C)[C@@H]3C3OC(=O)[C@@](C)(OC(=O)C=C(C)C)[C@@H]32)cc1OC. The average molecular weight is 525 g/mol. The number of hydrogen-bond acceptors (Lipinski definition) is 9. The molecule has 1 fully saturated rings. The van der Waals surface area contributed by atoms with E-state index in [9.17, 15) is 19.2 Å². The van der Waals surface area contributed by atoms with Crippen LogP contribution in [0, 0.1) is 11.8 Å². The van der Waals surface area contributed by atoms with E-state index in [1.54, 1.807) is 39.8 Å². The van der Waals surface area contributed by atoms with Gasteiger partial charge in [0.05, 0.1) is 25.7 Å². The van der Waals surface area contributed by atoms with Crippen LogP contribution in [0.15, 0.2) is 52.6 Å². The summed E-state index contributed by atoms with van der Waals surface area (Å²) >= 11 is 0. The molecular weight excluding hydrogens is 492 g/mol. The molecule has 3 aliphatic rings. The van der Waals surface area contributed by atoms with Gasteiger partial charge in [-0.1, -0.05) is 16.7 Å². The Balaban J connectivity index is 1.77. The summed E-state index contributed by atoms with van der Waals surface area (Å²) in [5.74, 6) is -2.90. The zero-order valence-electron chi connectivity index (χ0n) is 22.6. The van der Waals surface area contributed by atoms with Crippen LogP contribution in [0.1, 0.15) is 51.4 Å². The maximum absolute atomic E-state index is 13.4. The topological polar surface area (TPSA) is 114 Å². The van der Waals surface area contributed by atoms with Crippen molar-refractivity contribution in [3.8, 4) is 11.5 Å². The lowest BCUT2D eigenvalue weighted by molar-refractivity contribution is -0.172. The van der Waals surface area contributed by atoms with E-state index in [2.05, 4.69) is 0 Å². The van der Waals surface area contributed by atoms with Crippen LogP contribution in [-0.4, -0.2) is 55.7 Å². The fraction of sp³-hybridized carbons (Fsp3) is 0.448. The molecule has 1 aromatic rings. The summed E-state index contributed by atoms with van der Waals surface area (Å²) in [4.78, 5) is 52.3. The molecule has 0 bridgehead atoms. The molecule has 0 radical (unpaired) electrons. The Bertz CT molecular complexity index is 1300. The zero-order chi connectivity index (χ0) is 27.9. The Morgan fingerprint density at radius 2 is 1.76 bits per heavy atom. The summed E-state index contributed by atoms with van der Waals surface area (Å²) in [6, 6.07) is 4.62. The lowest BCUT2D eigenvalue weighted by atomic mass is 9.77. The summed E-state index contributed by atoms with van der Waals surface area (Å²) in [6.07, 6.45) is 1.17. The zero-order valence-corrected chi connectivity index (χ0v) is 22.6. The van der Waals surface area contributed by atoms with E-state index < -0.39 is 47.6 Å². The number of ether oxygens (including phenoxy) is 5. The summed E-state index contributed by atoms with van der Waals surface area (Å²) in [6.45, 7) is 8.55. The molecule has 9 heteroatoms.